The Morgan fingerprint density at radius 2 is 2.10 bits per heavy atom. The first-order chi connectivity index (χ1) is 9.45. The zero-order valence-electron chi connectivity index (χ0n) is 12.1. The highest BCUT2D eigenvalue weighted by Crippen LogP contribution is 2.15. The van der Waals surface area contributed by atoms with E-state index in [1.54, 1.807) is 11.3 Å². The van der Waals surface area contributed by atoms with E-state index in [9.17, 15) is 0 Å². The monoisotopic (exact) mass is 288 g/mol. The largest absolute Gasteiger partial charge is 0.384 e. The number of hydrogen-bond donors (Lipinski definition) is 2. The van der Waals surface area contributed by atoms with Crippen molar-refractivity contribution in [3.63, 3.8) is 0 Å². The first-order valence-corrected chi connectivity index (χ1v) is 7.37. The summed E-state index contributed by atoms with van der Waals surface area (Å²) in [6.45, 7) is 5.79. The van der Waals surface area contributed by atoms with Crippen molar-refractivity contribution in [2.24, 2.45) is 5.73 Å². The molecule has 1 heterocycles. The molecule has 0 aliphatic rings. The number of nitrogen functional groups attached to an aromatic ring is 1. The average molecular weight is 288 g/mol. The van der Waals surface area contributed by atoms with Gasteiger partial charge >= 0.3 is 0 Å². The van der Waals surface area contributed by atoms with Gasteiger partial charge in [0.2, 0.25) is 0 Å². The molecule has 0 aliphatic heterocycles. The van der Waals surface area contributed by atoms with Crippen LogP contribution in [-0.2, 0) is 13.1 Å². The van der Waals surface area contributed by atoms with Gasteiger partial charge in [0.25, 0.3) is 0 Å². The summed E-state index contributed by atoms with van der Waals surface area (Å²) in [4.78, 5) is 6.72. The fraction of sp³-hybridized carbons (Fsp3) is 0.333. The van der Waals surface area contributed by atoms with Crippen molar-refractivity contribution < 1.29 is 0 Å². The fourth-order valence-corrected chi connectivity index (χ4v) is 2.75. The molecule has 2 aromatic rings. The molecule has 4 nitrogen and oxygen atoms in total. The Morgan fingerprint density at radius 1 is 1.35 bits per heavy atom. The van der Waals surface area contributed by atoms with Crippen molar-refractivity contribution in [2.45, 2.75) is 26.9 Å². The van der Waals surface area contributed by atoms with E-state index in [0.29, 0.717) is 0 Å². The molecule has 106 valence electrons. The van der Waals surface area contributed by atoms with Gasteiger partial charge in [-0.25, -0.2) is 4.98 Å². The van der Waals surface area contributed by atoms with Crippen molar-refractivity contribution >= 4 is 17.2 Å². The number of thiazole rings is 1. The van der Waals surface area contributed by atoms with Crippen LogP contribution in [-0.4, -0.2) is 22.8 Å². The third kappa shape index (κ3) is 3.65. The van der Waals surface area contributed by atoms with E-state index in [1.165, 1.54) is 11.1 Å². The minimum absolute atomic E-state index is 0.117. The summed E-state index contributed by atoms with van der Waals surface area (Å²) in [7, 11) is 2.09. The summed E-state index contributed by atoms with van der Waals surface area (Å²) in [6, 6.07) is 5.93. The summed E-state index contributed by atoms with van der Waals surface area (Å²) in [5.41, 5.74) is 9.82. The average Bonchev–Trinajstić information content (AvgIpc) is 2.77. The highest BCUT2D eigenvalue weighted by molar-refractivity contribution is 7.09. The number of nitrogens with two attached hydrogens (primary N) is 1. The highest BCUT2D eigenvalue weighted by Gasteiger charge is 2.07. The molecule has 0 fully saturated rings. The quantitative estimate of drug-likeness (QED) is 0.656. The van der Waals surface area contributed by atoms with Crippen molar-refractivity contribution in [3.05, 3.63) is 51.0 Å². The van der Waals surface area contributed by atoms with E-state index < -0.39 is 0 Å². The first kappa shape index (κ1) is 14.7. The number of aromatic nitrogens is 1. The summed E-state index contributed by atoms with van der Waals surface area (Å²) >= 11 is 1.69. The smallest absolute Gasteiger partial charge is 0.122 e. The SMILES string of the molecule is Cc1nc(CN(C)Cc2ccc(C(=N)N)cc2C)cs1. The van der Waals surface area contributed by atoms with Gasteiger partial charge in [-0.2, -0.15) is 0 Å². The zero-order chi connectivity index (χ0) is 14.7. The van der Waals surface area contributed by atoms with E-state index in [1.807, 2.05) is 19.1 Å². The molecule has 0 amide bonds. The summed E-state index contributed by atoms with van der Waals surface area (Å²) in [6.07, 6.45) is 0. The maximum atomic E-state index is 7.46. The van der Waals surface area contributed by atoms with E-state index in [-0.39, 0.29) is 5.84 Å². The number of rotatable bonds is 5. The second-order valence-electron chi connectivity index (χ2n) is 5.09. The molecule has 0 bridgehead atoms. The molecule has 20 heavy (non-hydrogen) atoms. The van der Waals surface area contributed by atoms with E-state index >= 15 is 0 Å². The van der Waals surface area contributed by atoms with E-state index in [2.05, 4.69) is 35.3 Å². The molecular weight excluding hydrogens is 268 g/mol. The van der Waals surface area contributed by atoms with Crippen LogP contribution >= 0.6 is 11.3 Å². The number of hydrogen-bond acceptors (Lipinski definition) is 4. The fourth-order valence-electron chi connectivity index (χ4n) is 2.14. The van der Waals surface area contributed by atoms with Gasteiger partial charge in [0.05, 0.1) is 10.7 Å². The lowest BCUT2D eigenvalue weighted by Gasteiger charge is -2.17. The normalized spacial score (nSPS) is 11.0. The van der Waals surface area contributed by atoms with Crippen LogP contribution in [0.1, 0.15) is 27.4 Å². The van der Waals surface area contributed by atoms with E-state index in [4.69, 9.17) is 11.1 Å². The van der Waals surface area contributed by atoms with Crippen LogP contribution in [0, 0.1) is 19.3 Å². The Balaban J connectivity index is 2.04. The summed E-state index contributed by atoms with van der Waals surface area (Å²) in [5.74, 6) is 0.117. The van der Waals surface area contributed by atoms with Gasteiger partial charge in [-0.3, -0.25) is 10.3 Å². The van der Waals surface area contributed by atoms with Crippen molar-refractivity contribution in [3.8, 4) is 0 Å². The molecular formula is C15H20N4S. The maximum Gasteiger partial charge on any atom is 0.122 e. The van der Waals surface area contributed by atoms with Crippen LogP contribution in [0.3, 0.4) is 0 Å². The Morgan fingerprint density at radius 3 is 2.65 bits per heavy atom. The van der Waals surface area contributed by atoms with Gasteiger partial charge in [0, 0.05) is 24.0 Å². The molecule has 0 saturated heterocycles. The number of nitrogens with one attached hydrogen (secondary N) is 1. The summed E-state index contributed by atoms with van der Waals surface area (Å²) in [5, 5.41) is 10.7. The van der Waals surface area contributed by atoms with Crippen LogP contribution in [0.2, 0.25) is 0 Å². The van der Waals surface area contributed by atoms with Crippen molar-refractivity contribution in [2.75, 3.05) is 7.05 Å². The molecule has 1 aromatic heterocycles. The van der Waals surface area contributed by atoms with Crippen LogP contribution in [0.4, 0.5) is 0 Å². The van der Waals surface area contributed by atoms with Crippen LogP contribution in [0.15, 0.2) is 23.6 Å². The van der Waals surface area contributed by atoms with Crippen molar-refractivity contribution in [1.29, 1.82) is 5.41 Å². The van der Waals surface area contributed by atoms with Gasteiger partial charge in [-0.1, -0.05) is 12.1 Å². The minimum Gasteiger partial charge on any atom is -0.384 e. The molecule has 0 unspecified atom stereocenters. The topological polar surface area (TPSA) is 66.0 Å². The molecule has 2 rings (SSSR count). The molecule has 0 radical (unpaired) electrons. The Kier molecular flexibility index (Phi) is 4.52. The standard InChI is InChI=1S/C15H20N4S/c1-10-6-12(15(16)17)4-5-13(10)7-19(3)8-14-9-20-11(2)18-14/h4-6,9H,7-8H2,1-3H3,(H3,16,17). The Hall–Kier alpha value is -1.72. The second kappa shape index (κ2) is 6.15. The summed E-state index contributed by atoms with van der Waals surface area (Å²) < 4.78 is 0. The number of aryl methyl sites for hydroxylation is 2. The third-order valence-electron chi connectivity index (χ3n) is 3.19. The van der Waals surface area contributed by atoms with Crippen LogP contribution < -0.4 is 5.73 Å². The molecule has 3 N–H and O–H groups in total. The number of benzene rings is 1. The molecule has 0 spiro atoms. The Bertz CT molecular complexity index is 618. The predicted molar refractivity (Wildman–Crippen MR) is 84.2 cm³/mol. The number of amidine groups is 1. The first-order valence-electron chi connectivity index (χ1n) is 6.49. The maximum absolute atomic E-state index is 7.46. The lowest BCUT2D eigenvalue weighted by atomic mass is 10.0. The Labute approximate surface area is 123 Å². The molecule has 0 aliphatic carbocycles. The lowest BCUT2D eigenvalue weighted by Crippen LogP contribution is -2.18. The lowest BCUT2D eigenvalue weighted by molar-refractivity contribution is 0.315. The van der Waals surface area contributed by atoms with Gasteiger partial charge < -0.3 is 5.73 Å². The van der Waals surface area contributed by atoms with Gasteiger partial charge in [0.15, 0.2) is 0 Å². The highest BCUT2D eigenvalue weighted by atomic mass is 32.1. The van der Waals surface area contributed by atoms with Crippen LogP contribution in [0.5, 0.6) is 0 Å². The van der Waals surface area contributed by atoms with Gasteiger partial charge in [-0.05, 0) is 38.1 Å². The molecule has 5 heteroatoms. The molecule has 1 aromatic carbocycles. The minimum atomic E-state index is 0.117. The van der Waals surface area contributed by atoms with E-state index in [0.717, 1.165) is 29.4 Å². The predicted octanol–water partition coefficient (Wildman–Crippen LogP) is 2.68. The molecule has 0 saturated carbocycles. The van der Waals surface area contributed by atoms with Gasteiger partial charge in [-0.15, -0.1) is 11.3 Å². The van der Waals surface area contributed by atoms with Crippen molar-refractivity contribution in [1.82, 2.24) is 9.88 Å². The third-order valence-corrected chi connectivity index (χ3v) is 4.01. The van der Waals surface area contributed by atoms with Crippen LogP contribution in [0.25, 0.3) is 0 Å². The zero-order valence-corrected chi connectivity index (χ0v) is 12.9. The number of nitrogens with zero attached hydrogens (tertiary/aromatic N) is 2. The van der Waals surface area contributed by atoms with Gasteiger partial charge in [0.1, 0.15) is 5.84 Å². The second-order valence-corrected chi connectivity index (χ2v) is 6.15. The molecule has 0 atom stereocenters.